The molecule has 6 aromatic carbocycles. The summed E-state index contributed by atoms with van der Waals surface area (Å²) in [5.41, 5.74) is 15.6. The molecule has 0 atom stereocenters. The van der Waals surface area contributed by atoms with E-state index in [2.05, 4.69) is 151 Å². The van der Waals surface area contributed by atoms with Gasteiger partial charge in [0.1, 0.15) is 5.82 Å². The van der Waals surface area contributed by atoms with E-state index in [4.69, 9.17) is 18.8 Å². The summed E-state index contributed by atoms with van der Waals surface area (Å²) in [5, 5.41) is 0. The van der Waals surface area contributed by atoms with E-state index in [-0.39, 0.29) is 31.9 Å². The molecule has 8 rings (SSSR count). The van der Waals surface area contributed by atoms with Gasteiger partial charge in [0.15, 0.2) is 0 Å². The quantitative estimate of drug-likeness (QED) is 0.149. The van der Waals surface area contributed by atoms with Gasteiger partial charge in [0.05, 0.1) is 22.3 Å². The number of benzene rings is 6. The van der Waals surface area contributed by atoms with Crippen molar-refractivity contribution >= 4 is 11.0 Å². The number of hydrogen-bond donors (Lipinski definition) is 0. The fourth-order valence-electron chi connectivity index (χ4n) is 7.75. The van der Waals surface area contributed by atoms with Crippen molar-refractivity contribution in [1.82, 2.24) is 14.5 Å². The molecule has 59 heavy (non-hydrogen) atoms. The van der Waals surface area contributed by atoms with Crippen molar-refractivity contribution in [3.63, 3.8) is 0 Å². The SMILES string of the molecule is [2H]C([2H])([2H])c1ccc(-c2ccnc(-c3[c-]c(-c4cccc5c4nc(-c4cc(C)cc(C)c4O[CH2-])n5-c4cc(-c5ccccc5)cc(C(C)(C)C)c4)cc(C(C)(C)C)c3)c2)cc1.[Pt+2]. The van der Waals surface area contributed by atoms with Gasteiger partial charge in [-0.25, -0.2) is 4.98 Å². The summed E-state index contributed by atoms with van der Waals surface area (Å²) in [6.45, 7) is 15.4. The molecule has 2 aromatic heterocycles. The van der Waals surface area contributed by atoms with Crippen LogP contribution in [0, 0.1) is 33.9 Å². The Balaban J connectivity index is 0.00000578. The fraction of sp³-hybridized carbons (Fsp3) is 0.204. The van der Waals surface area contributed by atoms with Crippen LogP contribution < -0.4 is 4.74 Å². The van der Waals surface area contributed by atoms with E-state index in [1.165, 1.54) is 5.56 Å². The molecule has 0 saturated heterocycles. The number of fused-ring (bicyclic) bond motifs is 1. The molecule has 298 valence electrons. The van der Waals surface area contributed by atoms with Crippen LogP contribution in [0.4, 0.5) is 0 Å². The molecule has 0 aliphatic rings. The standard InChI is InChI=1S/C54H51N3O.Pt/c1-34-19-21-38(22-20-34)39-23-24-55-48(32-39)42-27-41(29-43(30-42)53(4,5)6)46-17-14-18-49-50(46)56-52(47-26-35(2)25-36(3)51(47)58-10)57(49)45-31-40(37-15-12-11-13-16-37)28-44(33-45)54(7,8)9;/h11-26,28-33H,10H2,1-9H3;/q-2;+2/i1D3;. The van der Waals surface area contributed by atoms with Crippen LogP contribution in [0.5, 0.6) is 5.75 Å². The van der Waals surface area contributed by atoms with Gasteiger partial charge < -0.3 is 4.74 Å². The predicted octanol–water partition coefficient (Wildman–Crippen LogP) is 14.2. The molecule has 0 aliphatic carbocycles. The van der Waals surface area contributed by atoms with Crippen LogP contribution in [0.1, 0.15) is 73.5 Å². The first-order valence-electron chi connectivity index (χ1n) is 21.3. The minimum Gasteiger partial charge on any atom is -0.665 e. The Morgan fingerprint density at radius 3 is 2.03 bits per heavy atom. The number of pyridine rings is 1. The van der Waals surface area contributed by atoms with Crippen molar-refractivity contribution in [2.45, 2.75) is 73.1 Å². The molecule has 0 amide bonds. The van der Waals surface area contributed by atoms with Crippen LogP contribution in [0.2, 0.25) is 0 Å². The largest absolute Gasteiger partial charge is 2.00 e. The molecule has 0 fully saturated rings. The van der Waals surface area contributed by atoms with Crippen molar-refractivity contribution in [3.8, 4) is 67.5 Å². The minimum atomic E-state index is -2.16. The first-order chi connectivity index (χ1) is 28.9. The van der Waals surface area contributed by atoms with Gasteiger partial charge >= 0.3 is 21.1 Å². The Kier molecular flexibility index (Phi) is 10.4. The van der Waals surface area contributed by atoms with Crippen LogP contribution in [-0.2, 0) is 31.9 Å². The van der Waals surface area contributed by atoms with Crippen molar-refractivity contribution in [1.29, 1.82) is 0 Å². The van der Waals surface area contributed by atoms with E-state index >= 15 is 0 Å². The number of imidazole rings is 1. The zero-order chi connectivity index (χ0) is 43.4. The summed E-state index contributed by atoms with van der Waals surface area (Å²) in [4.78, 5) is 10.4. The summed E-state index contributed by atoms with van der Waals surface area (Å²) in [6, 6.07) is 47.2. The maximum Gasteiger partial charge on any atom is 2.00 e. The average Bonchev–Trinajstić information content (AvgIpc) is 3.62. The van der Waals surface area contributed by atoms with Crippen LogP contribution in [0.25, 0.3) is 72.7 Å². The molecule has 8 aromatic rings. The fourth-order valence-corrected chi connectivity index (χ4v) is 7.75. The molecule has 0 spiro atoms. The Morgan fingerprint density at radius 2 is 1.34 bits per heavy atom. The molecule has 0 saturated carbocycles. The van der Waals surface area contributed by atoms with Gasteiger partial charge in [0.2, 0.25) is 0 Å². The molecule has 0 N–H and O–H groups in total. The van der Waals surface area contributed by atoms with Gasteiger partial charge in [-0.15, -0.1) is 29.3 Å². The summed E-state index contributed by atoms with van der Waals surface area (Å²) in [5.74, 6) is 1.44. The Bertz CT molecular complexity index is 2920. The van der Waals surface area contributed by atoms with Gasteiger partial charge in [-0.2, -0.15) is 7.11 Å². The van der Waals surface area contributed by atoms with Crippen molar-refractivity contribution < 1.29 is 29.9 Å². The zero-order valence-electron chi connectivity index (χ0n) is 38.0. The van der Waals surface area contributed by atoms with Gasteiger partial charge in [-0.3, -0.25) is 9.55 Å². The Labute approximate surface area is 368 Å². The second-order valence-electron chi connectivity index (χ2n) is 17.4. The number of ether oxygens (including phenoxy) is 1. The van der Waals surface area contributed by atoms with Crippen LogP contribution >= 0.6 is 0 Å². The van der Waals surface area contributed by atoms with E-state index in [1.807, 2.05) is 37.3 Å². The summed E-state index contributed by atoms with van der Waals surface area (Å²) < 4.78 is 31.6. The molecule has 4 nitrogen and oxygen atoms in total. The maximum atomic E-state index is 7.82. The monoisotopic (exact) mass is 955 g/mol. The van der Waals surface area contributed by atoms with Gasteiger partial charge in [0.25, 0.3) is 0 Å². The van der Waals surface area contributed by atoms with Crippen molar-refractivity contribution in [3.05, 3.63) is 175 Å². The zero-order valence-corrected chi connectivity index (χ0v) is 37.2. The van der Waals surface area contributed by atoms with Crippen LogP contribution in [0.3, 0.4) is 0 Å². The third kappa shape index (κ3) is 8.34. The van der Waals surface area contributed by atoms with Gasteiger partial charge in [0, 0.05) is 21.7 Å². The molecule has 2 heterocycles. The molecule has 0 aliphatic heterocycles. The third-order valence-corrected chi connectivity index (χ3v) is 10.9. The normalized spacial score (nSPS) is 12.7. The molecular weight excluding hydrogens is 902 g/mol. The molecule has 5 heteroatoms. The van der Waals surface area contributed by atoms with Crippen molar-refractivity contribution in [2.24, 2.45) is 0 Å². The van der Waals surface area contributed by atoms with E-state index < -0.39 is 6.85 Å². The van der Waals surface area contributed by atoms with Crippen LogP contribution in [0.15, 0.2) is 134 Å². The second-order valence-corrected chi connectivity index (χ2v) is 17.4. The van der Waals surface area contributed by atoms with Crippen molar-refractivity contribution in [2.75, 3.05) is 0 Å². The predicted molar refractivity (Wildman–Crippen MR) is 242 cm³/mol. The number of nitrogens with zero attached hydrogens (tertiary/aromatic N) is 3. The summed E-state index contributed by atoms with van der Waals surface area (Å²) in [6.07, 6.45) is 1.80. The average molecular weight is 956 g/mol. The number of rotatable bonds is 7. The number of aromatic nitrogens is 3. The van der Waals surface area contributed by atoms with Crippen LogP contribution in [-0.4, -0.2) is 14.5 Å². The number of para-hydroxylation sites is 1. The maximum absolute atomic E-state index is 7.82. The molecule has 0 radical (unpaired) electrons. The molecular formula is C54H51N3OPt. The van der Waals surface area contributed by atoms with E-state index in [0.717, 1.165) is 89.4 Å². The van der Waals surface area contributed by atoms with Gasteiger partial charge in [-0.1, -0.05) is 143 Å². The summed E-state index contributed by atoms with van der Waals surface area (Å²) in [7, 11) is 3.89. The molecule has 0 bridgehead atoms. The minimum absolute atomic E-state index is 0. The topological polar surface area (TPSA) is 39.9 Å². The van der Waals surface area contributed by atoms with E-state index in [1.54, 1.807) is 18.3 Å². The number of hydrogen-bond acceptors (Lipinski definition) is 3. The van der Waals surface area contributed by atoms with E-state index in [9.17, 15) is 0 Å². The second kappa shape index (κ2) is 16.2. The third-order valence-electron chi connectivity index (χ3n) is 10.9. The smallest absolute Gasteiger partial charge is 0.665 e. The first kappa shape index (κ1) is 37.7. The Hall–Kier alpha value is -5.57. The number of aryl methyl sites for hydroxylation is 3. The molecule has 0 unspecified atom stereocenters. The Morgan fingerprint density at radius 1 is 0.644 bits per heavy atom. The summed E-state index contributed by atoms with van der Waals surface area (Å²) >= 11 is 0. The van der Waals surface area contributed by atoms with E-state index in [0.29, 0.717) is 11.3 Å². The first-order valence-corrected chi connectivity index (χ1v) is 19.8. The van der Waals surface area contributed by atoms with Gasteiger partial charge in [-0.05, 0) is 101 Å².